The molecule has 0 fully saturated rings. The van der Waals surface area contributed by atoms with Gasteiger partial charge in [-0.15, -0.1) is 5.92 Å². The van der Waals surface area contributed by atoms with Crippen LogP contribution in [0.4, 0.5) is 0 Å². The molecule has 1 aromatic heterocycles. The van der Waals surface area contributed by atoms with E-state index in [0.29, 0.717) is 17.5 Å². The van der Waals surface area contributed by atoms with Crippen molar-refractivity contribution in [1.29, 1.82) is 0 Å². The zero-order chi connectivity index (χ0) is 45.1. The maximum Gasteiger partial charge on any atom is 0.164 e. The van der Waals surface area contributed by atoms with Crippen LogP contribution < -0.4 is 0 Å². The molecule has 0 radical (unpaired) electrons. The third kappa shape index (κ3) is 10.00. The van der Waals surface area contributed by atoms with Crippen LogP contribution in [0.15, 0.2) is 204 Å². The Hall–Kier alpha value is -8.07. The van der Waals surface area contributed by atoms with E-state index in [2.05, 4.69) is 177 Å². The molecular weight excluding hydrogens is 803 g/mol. The monoisotopic (exact) mass is 853 g/mol. The minimum absolute atomic E-state index is 0.647. The lowest BCUT2D eigenvalue weighted by Crippen LogP contribution is -2.05. The van der Waals surface area contributed by atoms with E-state index in [4.69, 9.17) is 24.9 Å². The molecule has 0 spiro atoms. The van der Waals surface area contributed by atoms with Crippen molar-refractivity contribution in [3.8, 4) is 68.0 Å². The predicted molar refractivity (Wildman–Crippen MR) is 276 cm³/mol. The van der Waals surface area contributed by atoms with Crippen molar-refractivity contribution >= 4 is 22.8 Å². The summed E-state index contributed by atoms with van der Waals surface area (Å²) in [7, 11) is 0. The Morgan fingerprint density at radius 2 is 1.12 bits per heavy atom. The van der Waals surface area contributed by atoms with Gasteiger partial charge in [0.1, 0.15) is 0 Å². The largest absolute Gasteiger partial charge is 0.233 e. The van der Waals surface area contributed by atoms with Crippen molar-refractivity contribution in [1.82, 2.24) is 15.0 Å². The highest BCUT2D eigenvalue weighted by molar-refractivity contribution is 6.13. The first-order chi connectivity index (χ1) is 32.5. The van der Waals surface area contributed by atoms with E-state index in [9.17, 15) is 0 Å². The molecule has 0 bridgehead atoms. The van der Waals surface area contributed by atoms with Gasteiger partial charge in [0.15, 0.2) is 23.3 Å². The van der Waals surface area contributed by atoms with Crippen molar-refractivity contribution < 1.29 is 0 Å². The van der Waals surface area contributed by atoms with Gasteiger partial charge < -0.3 is 0 Å². The molecule has 320 valence electrons. The van der Waals surface area contributed by atoms with Crippen LogP contribution in [0.3, 0.4) is 0 Å². The smallest absolute Gasteiger partial charge is 0.164 e. The molecule has 5 heteroatoms. The predicted octanol–water partition coefficient (Wildman–Crippen LogP) is 15.2. The summed E-state index contributed by atoms with van der Waals surface area (Å²) in [6.45, 7) is 6.07. The van der Waals surface area contributed by atoms with E-state index >= 15 is 0 Å². The number of rotatable bonds is 11. The first-order valence-electron chi connectivity index (χ1n) is 22.9. The van der Waals surface area contributed by atoms with Gasteiger partial charge in [-0.1, -0.05) is 183 Å². The van der Waals surface area contributed by atoms with Crippen LogP contribution in [0.5, 0.6) is 0 Å². The van der Waals surface area contributed by atoms with E-state index < -0.39 is 0 Å². The SMILES string of the molecule is CC#Cc1ccc(-c2cccc(-c3nc(C4=CCCCC4)nc(-c4ccccc4)n3)c2)c(-c2ccccc2-c2cccc(C(N=C(C)c3ccccc3)=N/C(=C/CC)c3ccccc3)c2)c1. The summed E-state index contributed by atoms with van der Waals surface area (Å²) in [5.74, 6) is 9.20. The zero-order valence-electron chi connectivity index (χ0n) is 37.7. The van der Waals surface area contributed by atoms with Gasteiger partial charge in [0.05, 0.1) is 5.70 Å². The topological polar surface area (TPSA) is 63.4 Å². The highest BCUT2D eigenvalue weighted by Crippen LogP contribution is 2.40. The Bertz CT molecular complexity index is 3190. The normalized spacial score (nSPS) is 13.1. The maximum atomic E-state index is 5.32. The van der Waals surface area contributed by atoms with Gasteiger partial charge in [-0.25, -0.2) is 24.9 Å². The fraction of sp³-hybridized carbons (Fsp3) is 0.131. The van der Waals surface area contributed by atoms with Gasteiger partial charge >= 0.3 is 0 Å². The minimum atomic E-state index is 0.647. The molecule has 5 nitrogen and oxygen atoms in total. The molecule has 0 saturated carbocycles. The molecular formula is C61H51N5. The Kier molecular flexibility index (Phi) is 13.5. The van der Waals surface area contributed by atoms with Crippen molar-refractivity contribution in [3.63, 3.8) is 0 Å². The Morgan fingerprint density at radius 1 is 0.530 bits per heavy atom. The zero-order valence-corrected chi connectivity index (χ0v) is 37.7. The number of amidine groups is 1. The highest BCUT2D eigenvalue weighted by Gasteiger charge is 2.19. The molecule has 0 saturated heterocycles. The number of nitrogens with zero attached hydrogens (tertiary/aromatic N) is 5. The van der Waals surface area contributed by atoms with Gasteiger partial charge in [0.2, 0.25) is 0 Å². The standard InChI is InChI=1S/C61H51N5/c1-4-22-44-38-39-54(50-33-21-35-52(42-50)61-65-58(47-28-14-8-15-29-47)64-59(66-61)48-30-16-9-17-31-48)56(40-44)55-37-19-18-36-53(55)49-32-20-34-51(41-49)60(62-43(3)45-24-10-6-11-25-45)63-57(23-5-2)46-26-12-7-13-27-46/h6-8,10-15,18-21,23-30,32-42H,5,9,16-17,31H2,1-3H3/b57-23+,62-43?,63-60?. The molecule has 0 atom stereocenters. The minimum Gasteiger partial charge on any atom is -0.233 e. The number of hydrogen-bond donors (Lipinski definition) is 0. The summed E-state index contributed by atoms with van der Waals surface area (Å²) in [5, 5.41) is 0. The van der Waals surface area contributed by atoms with Crippen molar-refractivity contribution in [2.24, 2.45) is 9.98 Å². The summed E-state index contributed by atoms with van der Waals surface area (Å²) >= 11 is 0. The van der Waals surface area contributed by atoms with Gasteiger partial charge in [-0.2, -0.15) is 0 Å². The molecule has 0 N–H and O–H groups in total. The summed E-state index contributed by atoms with van der Waals surface area (Å²) in [5.41, 5.74) is 15.3. The van der Waals surface area contributed by atoms with Crippen molar-refractivity contribution in [2.75, 3.05) is 0 Å². The van der Waals surface area contributed by atoms with Crippen LogP contribution in [-0.4, -0.2) is 26.5 Å². The van der Waals surface area contributed by atoms with Crippen LogP contribution >= 0.6 is 0 Å². The maximum absolute atomic E-state index is 5.32. The first-order valence-corrected chi connectivity index (χ1v) is 22.9. The molecule has 0 unspecified atom stereocenters. The van der Waals surface area contributed by atoms with Crippen LogP contribution in [0, 0.1) is 11.8 Å². The summed E-state index contributed by atoms with van der Waals surface area (Å²) in [6, 6.07) is 63.2. The van der Waals surface area contributed by atoms with Crippen LogP contribution in [0.2, 0.25) is 0 Å². The quantitative estimate of drug-likeness (QED) is 0.0740. The molecule has 0 amide bonds. The molecule has 0 aliphatic heterocycles. The van der Waals surface area contributed by atoms with E-state index in [1.807, 2.05) is 49.4 Å². The van der Waals surface area contributed by atoms with Crippen molar-refractivity contribution in [2.45, 2.75) is 52.9 Å². The van der Waals surface area contributed by atoms with Gasteiger partial charge in [0, 0.05) is 28.0 Å². The lowest BCUT2D eigenvalue weighted by Gasteiger charge is -2.17. The van der Waals surface area contributed by atoms with Gasteiger partial charge in [-0.3, -0.25) is 0 Å². The molecule has 8 aromatic rings. The molecule has 9 rings (SSSR count). The lowest BCUT2D eigenvalue weighted by molar-refractivity contribution is 0.736. The second-order valence-electron chi connectivity index (χ2n) is 16.4. The van der Waals surface area contributed by atoms with Crippen LogP contribution in [0.25, 0.3) is 67.4 Å². The summed E-state index contributed by atoms with van der Waals surface area (Å²) < 4.78 is 0. The van der Waals surface area contributed by atoms with E-state index in [1.54, 1.807) is 0 Å². The Balaban J connectivity index is 1.16. The fourth-order valence-electron chi connectivity index (χ4n) is 8.47. The van der Waals surface area contributed by atoms with Gasteiger partial charge in [-0.05, 0) is 120 Å². The number of benzene rings is 7. The second-order valence-corrected chi connectivity index (χ2v) is 16.4. The Labute approximate surface area is 389 Å². The van der Waals surface area contributed by atoms with Gasteiger partial charge in [0.25, 0.3) is 0 Å². The average Bonchev–Trinajstić information content (AvgIpc) is 3.39. The third-order valence-corrected chi connectivity index (χ3v) is 11.8. The van der Waals surface area contributed by atoms with E-state index in [-0.39, 0.29) is 0 Å². The number of allylic oxidation sites excluding steroid dienone is 3. The van der Waals surface area contributed by atoms with Crippen LogP contribution in [0.1, 0.15) is 81.0 Å². The summed E-state index contributed by atoms with van der Waals surface area (Å²) in [6.07, 6.45) is 9.65. The lowest BCUT2D eigenvalue weighted by atomic mass is 9.87. The number of aliphatic imine (C=N–C) groups is 2. The summed E-state index contributed by atoms with van der Waals surface area (Å²) in [4.78, 5) is 25.8. The first kappa shape index (κ1) is 43.2. The molecule has 1 heterocycles. The average molecular weight is 854 g/mol. The third-order valence-electron chi connectivity index (χ3n) is 11.8. The Morgan fingerprint density at radius 3 is 1.83 bits per heavy atom. The molecule has 7 aromatic carbocycles. The van der Waals surface area contributed by atoms with E-state index in [0.717, 1.165) is 110 Å². The van der Waals surface area contributed by atoms with Crippen LogP contribution in [-0.2, 0) is 0 Å². The number of aromatic nitrogens is 3. The van der Waals surface area contributed by atoms with E-state index in [1.165, 1.54) is 12.0 Å². The fourth-order valence-corrected chi connectivity index (χ4v) is 8.47. The second kappa shape index (κ2) is 20.6. The molecule has 1 aliphatic rings. The number of hydrogen-bond acceptors (Lipinski definition) is 4. The molecule has 66 heavy (non-hydrogen) atoms. The van der Waals surface area contributed by atoms with Crippen molar-refractivity contribution in [3.05, 3.63) is 222 Å². The molecule has 1 aliphatic carbocycles. The highest BCUT2D eigenvalue weighted by atomic mass is 15.0.